The van der Waals surface area contributed by atoms with Crippen LogP contribution in [0.2, 0.25) is 0 Å². The van der Waals surface area contributed by atoms with Crippen LogP contribution in [0.5, 0.6) is 0 Å². The molecule has 0 unspecified atom stereocenters. The van der Waals surface area contributed by atoms with Crippen LogP contribution in [-0.4, -0.2) is 40.2 Å². The molecule has 95 valence electrons. The molecule has 3 rings (SSSR count). The first-order valence-electron chi connectivity index (χ1n) is 6.15. The minimum atomic E-state index is 0.201. The minimum Gasteiger partial charge on any atom is -0.375 e. The molecule has 0 saturated carbocycles. The van der Waals surface area contributed by atoms with E-state index in [1.165, 1.54) is 0 Å². The number of fused-ring (bicyclic) bond motifs is 1. The third-order valence-corrected chi connectivity index (χ3v) is 3.25. The maximum absolute atomic E-state index is 5.66. The lowest BCUT2D eigenvalue weighted by molar-refractivity contribution is 0.0153. The molecule has 1 fully saturated rings. The molecule has 0 aliphatic carbocycles. The number of H-pyrrole nitrogens is 1. The van der Waals surface area contributed by atoms with Gasteiger partial charge in [-0.1, -0.05) is 0 Å². The molecule has 2 atom stereocenters. The summed E-state index contributed by atoms with van der Waals surface area (Å²) in [4.78, 5) is 11.4. The van der Waals surface area contributed by atoms with Gasteiger partial charge in [-0.05, 0) is 12.8 Å². The number of aromatic nitrogens is 3. The van der Waals surface area contributed by atoms with Gasteiger partial charge >= 0.3 is 0 Å². The van der Waals surface area contributed by atoms with Gasteiger partial charge in [0.05, 0.1) is 24.1 Å². The smallest absolute Gasteiger partial charge is 0.143 e. The SMILES string of the molecule is NC[C@@H]1CC[C@@H](Nc2ncnc3[nH]c[c]c23)CO1. The van der Waals surface area contributed by atoms with Gasteiger partial charge < -0.3 is 20.8 Å². The highest BCUT2D eigenvalue weighted by atomic mass is 16.5. The number of nitrogens with zero attached hydrogens (tertiary/aromatic N) is 2. The first-order chi connectivity index (χ1) is 8.86. The maximum Gasteiger partial charge on any atom is 0.143 e. The Bertz CT molecular complexity index is 518. The lowest BCUT2D eigenvalue weighted by Crippen LogP contribution is -2.38. The number of hydrogen-bond acceptors (Lipinski definition) is 5. The standard InChI is InChI=1S/C12H16N5O/c13-5-9-2-1-8(6-18-9)17-12-10-3-4-14-11(10)15-7-16-12/h4,7-9H,1-2,5-6,13H2,(H2,14,15,16,17)/t8-,9+/m1/s1. The molecular weight excluding hydrogens is 230 g/mol. The van der Waals surface area contributed by atoms with Crippen molar-refractivity contribution in [3.05, 3.63) is 18.6 Å². The summed E-state index contributed by atoms with van der Waals surface area (Å²) in [5.74, 6) is 0.807. The molecule has 1 radical (unpaired) electrons. The fourth-order valence-electron chi connectivity index (χ4n) is 2.22. The molecule has 18 heavy (non-hydrogen) atoms. The average molecular weight is 246 g/mol. The number of nitrogens with two attached hydrogens (primary N) is 1. The van der Waals surface area contributed by atoms with Crippen molar-refractivity contribution in [1.29, 1.82) is 0 Å². The summed E-state index contributed by atoms with van der Waals surface area (Å²) in [5, 5.41) is 4.27. The minimum absolute atomic E-state index is 0.201. The Morgan fingerprint density at radius 1 is 1.50 bits per heavy atom. The second kappa shape index (κ2) is 4.91. The topological polar surface area (TPSA) is 88.9 Å². The summed E-state index contributed by atoms with van der Waals surface area (Å²) in [6.07, 6.45) is 5.51. The van der Waals surface area contributed by atoms with Gasteiger partial charge in [-0.25, -0.2) is 9.97 Å². The van der Waals surface area contributed by atoms with Crippen molar-refractivity contribution in [3.8, 4) is 0 Å². The van der Waals surface area contributed by atoms with Crippen LogP contribution in [0.4, 0.5) is 5.82 Å². The van der Waals surface area contributed by atoms with Gasteiger partial charge in [-0.3, -0.25) is 0 Å². The van der Waals surface area contributed by atoms with Gasteiger partial charge in [0.25, 0.3) is 0 Å². The van der Waals surface area contributed by atoms with Crippen LogP contribution < -0.4 is 11.1 Å². The number of anilines is 1. The van der Waals surface area contributed by atoms with Crippen LogP contribution in [0.1, 0.15) is 12.8 Å². The fraction of sp³-hybridized carbons (Fsp3) is 0.500. The zero-order chi connectivity index (χ0) is 12.4. The largest absolute Gasteiger partial charge is 0.375 e. The molecule has 1 aliphatic heterocycles. The van der Waals surface area contributed by atoms with Crippen molar-refractivity contribution in [2.45, 2.75) is 25.0 Å². The molecule has 0 amide bonds. The predicted molar refractivity (Wildman–Crippen MR) is 68.2 cm³/mol. The maximum atomic E-state index is 5.66. The highest BCUT2D eigenvalue weighted by molar-refractivity contribution is 5.86. The summed E-state index contributed by atoms with van der Waals surface area (Å²) in [6.45, 7) is 1.26. The highest BCUT2D eigenvalue weighted by Gasteiger charge is 2.21. The summed E-state index contributed by atoms with van der Waals surface area (Å²) in [7, 11) is 0. The molecule has 3 heterocycles. The van der Waals surface area contributed by atoms with Crippen molar-refractivity contribution in [2.24, 2.45) is 5.73 Å². The normalized spacial score (nSPS) is 24.3. The molecule has 0 spiro atoms. The Balaban J connectivity index is 1.71. The van der Waals surface area contributed by atoms with Crippen LogP contribution in [-0.2, 0) is 4.74 Å². The van der Waals surface area contributed by atoms with Crippen molar-refractivity contribution >= 4 is 16.9 Å². The third kappa shape index (κ3) is 2.16. The van der Waals surface area contributed by atoms with E-state index in [1.54, 1.807) is 12.5 Å². The molecule has 0 aromatic carbocycles. The van der Waals surface area contributed by atoms with Gasteiger partial charge in [0, 0.05) is 18.8 Å². The number of ether oxygens (including phenoxy) is 1. The molecule has 0 bridgehead atoms. The number of rotatable bonds is 3. The molecular formula is C12H16N5O. The first-order valence-corrected chi connectivity index (χ1v) is 6.15. The Kier molecular flexibility index (Phi) is 3.12. The molecule has 6 nitrogen and oxygen atoms in total. The van der Waals surface area contributed by atoms with Crippen LogP contribution in [0, 0.1) is 6.07 Å². The van der Waals surface area contributed by atoms with Crippen molar-refractivity contribution in [2.75, 3.05) is 18.5 Å². The number of hydrogen-bond donors (Lipinski definition) is 3. The van der Waals surface area contributed by atoms with E-state index < -0.39 is 0 Å². The van der Waals surface area contributed by atoms with E-state index in [-0.39, 0.29) is 12.1 Å². The van der Waals surface area contributed by atoms with Gasteiger partial charge in [0.15, 0.2) is 0 Å². The van der Waals surface area contributed by atoms with Crippen LogP contribution >= 0.6 is 0 Å². The lowest BCUT2D eigenvalue weighted by atomic mass is 10.1. The molecule has 4 N–H and O–H groups in total. The molecule has 2 aromatic rings. The van der Waals surface area contributed by atoms with E-state index in [1.807, 2.05) is 0 Å². The second-order valence-corrected chi connectivity index (χ2v) is 4.49. The highest BCUT2D eigenvalue weighted by Crippen LogP contribution is 2.21. The second-order valence-electron chi connectivity index (χ2n) is 4.49. The predicted octanol–water partition coefficient (Wildman–Crippen LogP) is 0.676. The Labute approximate surface area is 105 Å². The summed E-state index contributed by atoms with van der Waals surface area (Å²) < 4.78 is 5.66. The Morgan fingerprint density at radius 2 is 2.44 bits per heavy atom. The number of nitrogens with one attached hydrogen (secondary N) is 2. The third-order valence-electron chi connectivity index (χ3n) is 3.25. The Morgan fingerprint density at radius 3 is 3.22 bits per heavy atom. The summed E-state index contributed by atoms with van der Waals surface area (Å²) in [5.41, 5.74) is 6.38. The van der Waals surface area contributed by atoms with Gasteiger partial charge in [0.1, 0.15) is 17.8 Å². The lowest BCUT2D eigenvalue weighted by Gasteiger charge is -2.29. The van der Waals surface area contributed by atoms with Crippen LogP contribution in [0.25, 0.3) is 11.0 Å². The monoisotopic (exact) mass is 246 g/mol. The average Bonchev–Trinajstić information content (AvgIpc) is 2.89. The van der Waals surface area contributed by atoms with Crippen molar-refractivity contribution in [3.63, 3.8) is 0 Å². The Hall–Kier alpha value is -1.66. The van der Waals surface area contributed by atoms with E-state index in [0.29, 0.717) is 13.2 Å². The van der Waals surface area contributed by atoms with E-state index in [2.05, 4.69) is 26.3 Å². The van der Waals surface area contributed by atoms with Crippen LogP contribution in [0.15, 0.2) is 12.5 Å². The van der Waals surface area contributed by atoms with E-state index in [0.717, 1.165) is 29.7 Å². The number of aromatic amines is 1. The zero-order valence-corrected chi connectivity index (χ0v) is 10.0. The quantitative estimate of drug-likeness (QED) is 0.741. The molecule has 2 aromatic heterocycles. The van der Waals surface area contributed by atoms with Crippen LogP contribution in [0.3, 0.4) is 0 Å². The van der Waals surface area contributed by atoms with E-state index in [4.69, 9.17) is 10.5 Å². The fourth-order valence-corrected chi connectivity index (χ4v) is 2.22. The van der Waals surface area contributed by atoms with E-state index in [9.17, 15) is 0 Å². The van der Waals surface area contributed by atoms with Gasteiger partial charge in [-0.15, -0.1) is 0 Å². The molecule has 6 heteroatoms. The first kappa shape index (κ1) is 11.4. The summed E-state index contributed by atoms with van der Waals surface area (Å²) >= 11 is 0. The van der Waals surface area contributed by atoms with Crippen molar-refractivity contribution in [1.82, 2.24) is 15.0 Å². The molecule has 1 aliphatic rings. The van der Waals surface area contributed by atoms with E-state index >= 15 is 0 Å². The van der Waals surface area contributed by atoms with Crippen molar-refractivity contribution < 1.29 is 4.74 Å². The summed E-state index contributed by atoms with van der Waals surface area (Å²) in [6, 6.07) is 3.37. The molecule has 1 saturated heterocycles. The van der Waals surface area contributed by atoms with Gasteiger partial charge in [-0.2, -0.15) is 0 Å². The van der Waals surface area contributed by atoms with Gasteiger partial charge in [0.2, 0.25) is 0 Å². The zero-order valence-electron chi connectivity index (χ0n) is 10.0.